The van der Waals surface area contributed by atoms with Gasteiger partial charge in [-0.15, -0.1) is 12.4 Å². The van der Waals surface area contributed by atoms with Crippen LogP contribution in [0.25, 0.3) is 0 Å². The summed E-state index contributed by atoms with van der Waals surface area (Å²) in [6.45, 7) is 3.78. The fourth-order valence-electron chi connectivity index (χ4n) is 3.49. The smallest absolute Gasteiger partial charge is 0.0105 e. The van der Waals surface area contributed by atoms with Gasteiger partial charge in [0.2, 0.25) is 0 Å². The van der Waals surface area contributed by atoms with Crippen LogP contribution in [0.3, 0.4) is 0 Å². The van der Waals surface area contributed by atoms with Gasteiger partial charge in [0.05, 0.1) is 0 Å². The van der Waals surface area contributed by atoms with Crippen LogP contribution in [0.1, 0.15) is 57.8 Å². The molecular weight excluding hydrogens is 244 g/mol. The van der Waals surface area contributed by atoms with Crippen molar-refractivity contribution in [1.82, 2.24) is 10.2 Å². The van der Waals surface area contributed by atoms with Crippen molar-refractivity contribution >= 4 is 12.4 Å². The fourth-order valence-corrected chi connectivity index (χ4v) is 3.49. The van der Waals surface area contributed by atoms with E-state index in [1.165, 1.54) is 77.4 Å². The van der Waals surface area contributed by atoms with Crippen LogP contribution in [0.4, 0.5) is 0 Å². The second-order valence-corrected chi connectivity index (χ2v) is 6.11. The van der Waals surface area contributed by atoms with Gasteiger partial charge in [0.15, 0.2) is 0 Å². The molecule has 1 unspecified atom stereocenters. The zero-order valence-electron chi connectivity index (χ0n) is 12.0. The Morgan fingerprint density at radius 2 is 1.72 bits per heavy atom. The van der Waals surface area contributed by atoms with Gasteiger partial charge in [-0.25, -0.2) is 0 Å². The van der Waals surface area contributed by atoms with Gasteiger partial charge in [0.1, 0.15) is 0 Å². The predicted molar refractivity (Wildman–Crippen MR) is 81.6 cm³/mol. The number of hydrogen-bond donors (Lipinski definition) is 1. The van der Waals surface area contributed by atoms with Crippen LogP contribution in [0.15, 0.2) is 0 Å². The summed E-state index contributed by atoms with van der Waals surface area (Å²) in [5, 5.41) is 3.51. The van der Waals surface area contributed by atoms with E-state index in [0.29, 0.717) is 0 Å². The van der Waals surface area contributed by atoms with E-state index in [0.717, 1.165) is 12.0 Å². The number of halogens is 1. The van der Waals surface area contributed by atoms with Gasteiger partial charge in [0.25, 0.3) is 0 Å². The van der Waals surface area contributed by atoms with Crippen LogP contribution in [0, 0.1) is 5.92 Å². The minimum atomic E-state index is 0. The first-order chi connectivity index (χ1) is 8.36. The lowest BCUT2D eigenvalue weighted by atomic mass is 9.87. The summed E-state index contributed by atoms with van der Waals surface area (Å²) in [7, 11) is 2.35. The summed E-state index contributed by atoms with van der Waals surface area (Å²) in [5.41, 5.74) is 0. The molecule has 1 saturated carbocycles. The second kappa shape index (κ2) is 9.17. The lowest BCUT2D eigenvalue weighted by molar-refractivity contribution is 0.198. The molecule has 0 aromatic rings. The van der Waals surface area contributed by atoms with Crippen molar-refractivity contribution in [3.63, 3.8) is 0 Å². The highest BCUT2D eigenvalue weighted by Gasteiger charge is 2.19. The largest absolute Gasteiger partial charge is 0.317 e. The molecule has 2 fully saturated rings. The van der Waals surface area contributed by atoms with Crippen LogP contribution in [-0.2, 0) is 0 Å². The monoisotopic (exact) mass is 274 g/mol. The van der Waals surface area contributed by atoms with Crippen molar-refractivity contribution in [3.8, 4) is 0 Å². The van der Waals surface area contributed by atoms with E-state index in [1.807, 2.05) is 0 Å². The van der Waals surface area contributed by atoms with Crippen LogP contribution in [-0.4, -0.2) is 37.6 Å². The molecule has 1 aliphatic carbocycles. The molecule has 1 aliphatic heterocycles. The van der Waals surface area contributed by atoms with E-state index in [1.54, 1.807) is 0 Å². The Kier molecular flexibility index (Phi) is 8.28. The number of nitrogens with one attached hydrogen (secondary N) is 1. The van der Waals surface area contributed by atoms with E-state index in [2.05, 4.69) is 17.3 Å². The Hall–Kier alpha value is 0.210. The van der Waals surface area contributed by atoms with Gasteiger partial charge >= 0.3 is 0 Å². The molecule has 1 N–H and O–H groups in total. The molecular formula is C15H31ClN2. The molecule has 1 heterocycles. The van der Waals surface area contributed by atoms with Gasteiger partial charge < -0.3 is 10.2 Å². The van der Waals surface area contributed by atoms with E-state index in [4.69, 9.17) is 0 Å². The van der Waals surface area contributed by atoms with E-state index < -0.39 is 0 Å². The summed E-state index contributed by atoms with van der Waals surface area (Å²) in [4.78, 5) is 2.64. The number of rotatable bonds is 4. The van der Waals surface area contributed by atoms with Gasteiger partial charge in [-0.2, -0.15) is 0 Å². The maximum absolute atomic E-state index is 3.51. The Morgan fingerprint density at radius 3 is 2.50 bits per heavy atom. The number of nitrogens with zero attached hydrogens (tertiary/aromatic N) is 1. The minimum Gasteiger partial charge on any atom is -0.317 e. The summed E-state index contributed by atoms with van der Waals surface area (Å²) in [6.07, 6.45) is 13.0. The molecule has 0 aromatic carbocycles. The molecule has 108 valence electrons. The standard InChI is InChI=1S/C15H30N2.ClH/c1-17(15-8-5-11-16-12-9-15)13-10-14-6-3-2-4-7-14;/h14-16H,2-13H2,1H3;1H. The number of hydrogen-bond acceptors (Lipinski definition) is 2. The third-order valence-electron chi connectivity index (χ3n) is 4.78. The topological polar surface area (TPSA) is 15.3 Å². The maximum Gasteiger partial charge on any atom is 0.0105 e. The predicted octanol–water partition coefficient (Wildman–Crippen LogP) is 3.45. The first kappa shape index (κ1) is 16.3. The van der Waals surface area contributed by atoms with Gasteiger partial charge in [-0.3, -0.25) is 0 Å². The molecule has 0 aromatic heterocycles. The van der Waals surface area contributed by atoms with Crippen LogP contribution in [0.5, 0.6) is 0 Å². The van der Waals surface area contributed by atoms with Crippen LogP contribution >= 0.6 is 12.4 Å². The Balaban J connectivity index is 0.00000162. The van der Waals surface area contributed by atoms with Gasteiger partial charge in [0, 0.05) is 6.04 Å². The van der Waals surface area contributed by atoms with Gasteiger partial charge in [-0.05, 0) is 58.3 Å². The molecule has 0 radical (unpaired) electrons. The lowest BCUT2D eigenvalue weighted by Gasteiger charge is -2.29. The van der Waals surface area contributed by atoms with Crippen molar-refractivity contribution < 1.29 is 0 Å². The summed E-state index contributed by atoms with van der Waals surface area (Å²) in [6, 6.07) is 0.841. The van der Waals surface area contributed by atoms with Crippen molar-refractivity contribution in [1.29, 1.82) is 0 Å². The van der Waals surface area contributed by atoms with Crippen LogP contribution < -0.4 is 5.32 Å². The fraction of sp³-hybridized carbons (Fsp3) is 1.00. The average molecular weight is 275 g/mol. The molecule has 2 rings (SSSR count). The zero-order valence-corrected chi connectivity index (χ0v) is 12.8. The highest BCUT2D eigenvalue weighted by molar-refractivity contribution is 5.85. The molecule has 0 spiro atoms. The van der Waals surface area contributed by atoms with E-state index >= 15 is 0 Å². The summed E-state index contributed by atoms with van der Waals surface area (Å²) < 4.78 is 0. The highest BCUT2D eigenvalue weighted by atomic mass is 35.5. The molecule has 0 amide bonds. The third kappa shape index (κ3) is 5.46. The normalized spacial score (nSPS) is 26.7. The molecule has 3 heteroatoms. The van der Waals surface area contributed by atoms with Crippen molar-refractivity contribution in [3.05, 3.63) is 0 Å². The minimum absolute atomic E-state index is 0. The molecule has 1 saturated heterocycles. The van der Waals surface area contributed by atoms with E-state index in [9.17, 15) is 0 Å². The maximum atomic E-state index is 3.51. The van der Waals surface area contributed by atoms with Crippen molar-refractivity contribution in [2.75, 3.05) is 26.7 Å². The first-order valence-electron chi connectivity index (χ1n) is 7.77. The van der Waals surface area contributed by atoms with Gasteiger partial charge in [-0.1, -0.05) is 32.1 Å². The van der Waals surface area contributed by atoms with Crippen LogP contribution in [0.2, 0.25) is 0 Å². The molecule has 2 aliphatic rings. The third-order valence-corrected chi connectivity index (χ3v) is 4.78. The lowest BCUT2D eigenvalue weighted by Crippen LogP contribution is -2.34. The first-order valence-corrected chi connectivity index (χ1v) is 7.77. The molecule has 2 nitrogen and oxygen atoms in total. The molecule has 0 bridgehead atoms. The Bertz CT molecular complexity index is 197. The SMILES string of the molecule is CN(CCC1CCCCC1)C1CCCNCC1.Cl. The average Bonchev–Trinajstić information content (AvgIpc) is 2.66. The van der Waals surface area contributed by atoms with Crippen molar-refractivity contribution in [2.45, 2.75) is 63.8 Å². The highest BCUT2D eigenvalue weighted by Crippen LogP contribution is 2.26. The zero-order chi connectivity index (χ0) is 11.9. The summed E-state index contributed by atoms with van der Waals surface area (Å²) in [5.74, 6) is 1.04. The Labute approximate surface area is 119 Å². The molecule has 18 heavy (non-hydrogen) atoms. The summed E-state index contributed by atoms with van der Waals surface area (Å²) >= 11 is 0. The Morgan fingerprint density at radius 1 is 0.944 bits per heavy atom. The quantitative estimate of drug-likeness (QED) is 0.845. The molecule has 1 atom stereocenters. The van der Waals surface area contributed by atoms with E-state index in [-0.39, 0.29) is 12.4 Å². The second-order valence-electron chi connectivity index (χ2n) is 6.11. The van der Waals surface area contributed by atoms with Crippen molar-refractivity contribution in [2.24, 2.45) is 5.92 Å².